The van der Waals surface area contributed by atoms with Gasteiger partial charge in [-0.15, -0.1) is 13.2 Å². The second-order valence-electron chi connectivity index (χ2n) is 3.83. The second-order valence-corrected chi connectivity index (χ2v) is 3.83. The highest BCUT2D eigenvalue weighted by atomic mass is 16.4. The minimum absolute atomic E-state index is 0.0492. The Morgan fingerprint density at radius 3 is 2.16 bits per heavy atom. The minimum Gasteiger partial charge on any atom is -0.480 e. The molecule has 0 fully saturated rings. The van der Waals surface area contributed by atoms with Crippen molar-refractivity contribution in [3.05, 3.63) is 25.3 Å². The van der Waals surface area contributed by atoms with Gasteiger partial charge in [0.1, 0.15) is 6.04 Å². The first-order valence-electron chi connectivity index (χ1n) is 5.70. The number of carbonyl (C=O) groups is 3. The highest BCUT2D eigenvalue weighted by molar-refractivity contribution is 5.83. The molecule has 4 N–H and O–H groups in total. The predicted molar refractivity (Wildman–Crippen MR) is 70.4 cm³/mol. The summed E-state index contributed by atoms with van der Waals surface area (Å²) in [6.07, 6.45) is 2.87. The van der Waals surface area contributed by atoms with E-state index in [4.69, 9.17) is 10.8 Å². The molecule has 1 unspecified atom stereocenters. The standard InChI is InChI=1S/C12H19N3O4/c1-3-7-15(8-4-2)12(19)14-9(11(17)18)5-6-10(13)16/h3-4,9H,1-2,5-8H2,(H2,13,16)(H,14,19)(H,17,18). The lowest BCUT2D eigenvalue weighted by molar-refractivity contribution is -0.139. The number of carboxylic acids is 1. The van der Waals surface area contributed by atoms with E-state index in [0.717, 1.165) is 0 Å². The number of hydrogen-bond acceptors (Lipinski definition) is 3. The van der Waals surface area contributed by atoms with Gasteiger partial charge in [0, 0.05) is 19.5 Å². The number of nitrogens with one attached hydrogen (secondary N) is 1. The molecule has 0 aromatic heterocycles. The molecule has 0 aliphatic rings. The third kappa shape index (κ3) is 6.87. The molecule has 0 bridgehead atoms. The van der Waals surface area contributed by atoms with E-state index in [0.29, 0.717) is 0 Å². The molecule has 106 valence electrons. The number of urea groups is 1. The van der Waals surface area contributed by atoms with Crippen LogP contribution in [0.2, 0.25) is 0 Å². The summed E-state index contributed by atoms with van der Waals surface area (Å²) in [5.41, 5.74) is 4.95. The van der Waals surface area contributed by atoms with E-state index >= 15 is 0 Å². The number of nitrogens with zero attached hydrogens (tertiary/aromatic N) is 1. The Morgan fingerprint density at radius 2 is 1.79 bits per heavy atom. The maximum absolute atomic E-state index is 11.8. The fraction of sp³-hybridized carbons (Fsp3) is 0.417. The van der Waals surface area contributed by atoms with Gasteiger partial charge < -0.3 is 21.1 Å². The van der Waals surface area contributed by atoms with E-state index in [1.165, 1.54) is 17.1 Å². The summed E-state index contributed by atoms with van der Waals surface area (Å²) in [6.45, 7) is 7.54. The number of hydrogen-bond donors (Lipinski definition) is 3. The maximum atomic E-state index is 11.8. The molecule has 0 saturated carbocycles. The minimum atomic E-state index is -1.22. The molecule has 0 aliphatic carbocycles. The van der Waals surface area contributed by atoms with Gasteiger partial charge in [0.25, 0.3) is 0 Å². The Labute approximate surface area is 111 Å². The van der Waals surface area contributed by atoms with Gasteiger partial charge in [0.15, 0.2) is 0 Å². The van der Waals surface area contributed by atoms with Crippen molar-refractivity contribution in [1.29, 1.82) is 0 Å². The number of nitrogens with two attached hydrogens (primary N) is 1. The molecule has 0 heterocycles. The van der Waals surface area contributed by atoms with Crippen LogP contribution in [0.1, 0.15) is 12.8 Å². The molecule has 0 aromatic carbocycles. The van der Waals surface area contributed by atoms with Gasteiger partial charge in [-0.25, -0.2) is 9.59 Å². The van der Waals surface area contributed by atoms with Gasteiger partial charge >= 0.3 is 12.0 Å². The first-order valence-corrected chi connectivity index (χ1v) is 5.70. The van der Waals surface area contributed by atoms with Crippen LogP contribution in [0.4, 0.5) is 4.79 Å². The SMILES string of the molecule is C=CCN(CC=C)C(=O)NC(CCC(N)=O)C(=O)O. The number of rotatable bonds is 9. The number of carbonyl (C=O) groups excluding carboxylic acids is 2. The highest BCUT2D eigenvalue weighted by Gasteiger charge is 2.22. The Hall–Kier alpha value is -2.31. The predicted octanol–water partition coefficient (Wildman–Crippen LogP) is 0.0887. The first kappa shape index (κ1) is 16.7. The number of carboxylic acid groups (broad SMARTS) is 1. The summed E-state index contributed by atoms with van der Waals surface area (Å²) in [5, 5.41) is 11.3. The average Bonchev–Trinajstić information content (AvgIpc) is 2.33. The summed E-state index contributed by atoms with van der Waals surface area (Å²) in [6, 6.07) is -1.71. The van der Waals surface area contributed by atoms with Crippen molar-refractivity contribution in [3.63, 3.8) is 0 Å². The smallest absolute Gasteiger partial charge is 0.326 e. The molecule has 0 saturated heterocycles. The third-order valence-corrected chi connectivity index (χ3v) is 2.26. The van der Waals surface area contributed by atoms with Crippen LogP contribution in [-0.2, 0) is 9.59 Å². The molecule has 3 amide bonds. The summed E-state index contributed by atoms with van der Waals surface area (Å²) in [7, 11) is 0. The number of primary amides is 1. The van der Waals surface area contributed by atoms with E-state index in [2.05, 4.69) is 18.5 Å². The lowest BCUT2D eigenvalue weighted by Gasteiger charge is -2.22. The quantitative estimate of drug-likeness (QED) is 0.515. The lowest BCUT2D eigenvalue weighted by Crippen LogP contribution is -2.48. The van der Waals surface area contributed by atoms with Crippen LogP contribution in [0.3, 0.4) is 0 Å². The summed E-state index contributed by atoms with van der Waals surface area (Å²) in [4.78, 5) is 34.7. The van der Waals surface area contributed by atoms with Crippen LogP contribution in [-0.4, -0.2) is 47.0 Å². The van der Waals surface area contributed by atoms with Gasteiger partial charge in [-0.2, -0.15) is 0 Å². The van der Waals surface area contributed by atoms with Crippen molar-refractivity contribution in [2.45, 2.75) is 18.9 Å². The molecular weight excluding hydrogens is 250 g/mol. The lowest BCUT2D eigenvalue weighted by atomic mass is 10.1. The van der Waals surface area contributed by atoms with Crippen molar-refractivity contribution in [2.75, 3.05) is 13.1 Å². The van der Waals surface area contributed by atoms with Crippen molar-refractivity contribution >= 4 is 17.9 Å². The van der Waals surface area contributed by atoms with E-state index in [1.54, 1.807) is 0 Å². The third-order valence-electron chi connectivity index (χ3n) is 2.26. The molecule has 0 rings (SSSR count). The van der Waals surface area contributed by atoms with Gasteiger partial charge in [0.2, 0.25) is 5.91 Å². The van der Waals surface area contributed by atoms with Crippen molar-refractivity contribution < 1.29 is 19.5 Å². The number of aliphatic carboxylic acids is 1. The largest absolute Gasteiger partial charge is 0.480 e. The van der Waals surface area contributed by atoms with Gasteiger partial charge in [-0.3, -0.25) is 4.79 Å². The van der Waals surface area contributed by atoms with E-state index < -0.39 is 23.9 Å². The molecular formula is C12H19N3O4. The zero-order valence-electron chi connectivity index (χ0n) is 10.7. The molecule has 19 heavy (non-hydrogen) atoms. The maximum Gasteiger partial charge on any atom is 0.326 e. The zero-order valence-corrected chi connectivity index (χ0v) is 10.7. The van der Waals surface area contributed by atoms with Gasteiger partial charge in [0.05, 0.1) is 0 Å². The molecule has 0 radical (unpaired) electrons. The molecule has 7 nitrogen and oxygen atoms in total. The van der Waals surface area contributed by atoms with Crippen LogP contribution >= 0.6 is 0 Å². The Kier molecular flexibility index (Phi) is 7.67. The van der Waals surface area contributed by atoms with Crippen LogP contribution in [0.5, 0.6) is 0 Å². The molecule has 0 aliphatic heterocycles. The Morgan fingerprint density at radius 1 is 1.26 bits per heavy atom. The second kappa shape index (κ2) is 8.73. The van der Waals surface area contributed by atoms with Crippen LogP contribution < -0.4 is 11.1 Å². The van der Waals surface area contributed by atoms with E-state index in [1.807, 2.05) is 0 Å². The topological polar surface area (TPSA) is 113 Å². The molecule has 0 spiro atoms. The summed E-state index contributed by atoms with van der Waals surface area (Å²) < 4.78 is 0. The van der Waals surface area contributed by atoms with Crippen LogP contribution in [0.15, 0.2) is 25.3 Å². The number of amides is 3. The van der Waals surface area contributed by atoms with Gasteiger partial charge in [-0.1, -0.05) is 12.2 Å². The normalized spacial score (nSPS) is 11.2. The average molecular weight is 269 g/mol. The van der Waals surface area contributed by atoms with Crippen molar-refractivity contribution in [2.24, 2.45) is 5.73 Å². The van der Waals surface area contributed by atoms with E-state index in [-0.39, 0.29) is 25.9 Å². The summed E-state index contributed by atoms with van der Waals surface area (Å²) in [5.74, 6) is -1.83. The first-order chi connectivity index (χ1) is 8.92. The molecule has 1 atom stereocenters. The fourth-order valence-electron chi connectivity index (χ4n) is 1.34. The van der Waals surface area contributed by atoms with E-state index in [9.17, 15) is 14.4 Å². The van der Waals surface area contributed by atoms with Crippen molar-refractivity contribution in [3.8, 4) is 0 Å². The van der Waals surface area contributed by atoms with Gasteiger partial charge in [-0.05, 0) is 6.42 Å². The Balaban J connectivity index is 4.58. The Bertz CT molecular complexity index is 358. The van der Waals surface area contributed by atoms with Crippen LogP contribution in [0.25, 0.3) is 0 Å². The summed E-state index contributed by atoms with van der Waals surface area (Å²) >= 11 is 0. The monoisotopic (exact) mass is 269 g/mol. The molecule has 0 aromatic rings. The van der Waals surface area contributed by atoms with Crippen molar-refractivity contribution in [1.82, 2.24) is 10.2 Å². The highest BCUT2D eigenvalue weighted by Crippen LogP contribution is 2.00. The zero-order chi connectivity index (χ0) is 14.8. The fourth-order valence-corrected chi connectivity index (χ4v) is 1.34. The molecule has 7 heteroatoms. The van der Waals surface area contributed by atoms with Crippen LogP contribution in [0, 0.1) is 0 Å².